The van der Waals surface area contributed by atoms with E-state index in [1.54, 1.807) is 27.8 Å². The monoisotopic (exact) mass is 248 g/mol. The standard InChI is InChI=1S/C19H20/c1-2-6-14(7-3-1)12-19-17-10-4-8-15(17)13-16-9-5-11-18(16)19/h1-3,6-7,13H,4-5,8-12H2. The number of hydrogen-bond acceptors (Lipinski definition) is 0. The third-order valence-corrected chi connectivity index (χ3v) is 4.82. The molecule has 0 atom stereocenters. The summed E-state index contributed by atoms with van der Waals surface area (Å²) in [4.78, 5) is 0. The van der Waals surface area contributed by atoms with Gasteiger partial charge < -0.3 is 0 Å². The lowest BCUT2D eigenvalue weighted by atomic mass is 9.90. The predicted octanol–water partition coefficient (Wildman–Crippen LogP) is 4.25. The lowest BCUT2D eigenvalue weighted by Gasteiger charge is -2.15. The Bertz CT molecular complexity index is 575. The van der Waals surface area contributed by atoms with Gasteiger partial charge in [0.15, 0.2) is 0 Å². The van der Waals surface area contributed by atoms with Crippen LogP contribution in [0.4, 0.5) is 0 Å². The van der Waals surface area contributed by atoms with E-state index in [2.05, 4.69) is 36.4 Å². The van der Waals surface area contributed by atoms with Crippen LogP contribution in [-0.4, -0.2) is 0 Å². The maximum absolute atomic E-state index is 2.53. The number of fused-ring (bicyclic) bond motifs is 2. The Morgan fingerprint density at radius 3 is 2.00 bits per heavy atom. The van der Waals surface area contributed by atoms with Crippen molar-refractivity contribution in [2.24, 2.45) is 0 Å². The van der Waals surface area contributed by atoms with Crippen LogP contribution < -0.4 is 0 Å². The van der Waals surface area contributed by atoms with Crippen molar-refractivity contribution in [1.82, 2.24) is 0 Å². The molecule has 4 rings (SSSR count). The molecule has 0 heterocycles. The fourth-order valence-corrected chi connectivity index (χ4v) is 3.95. The van der Waals surface area contributed by atoms with Crippen LogP contribution in [0.15, 0.2) is 36.4 Å². The van der Waals surface area contributed by atoms with Gasteiger partial charge in [-0.1, -0.05) is 36.4 Å². The summed E-state index contributed by atoms with van der Waals surface area (Å²) >= 11 is 0. The molecule has 0 saturated heterocycles. The minimum Gasteiger partial charge on any atom is -0.0622 e. The molecular formula is C19H20. The van der Waals surface area contributed by atoms with Crippen LogP contribution in [0.1, 0.15) is 46.2 Å². The summed E-state index contributed by atoms with van der Waals surface area (Å²) in [5, 5.41) is 0. The van der Waals surface area contributed by atoms with E-state index in [1.165, 1.54) is 44.1 Å². The average molecular weight is 248 g/mol. The van der Waals surface area contributed by atoms with E-state index in [9.17, 15) is 0 Å². The van der Waals surface area contributed by atoms with Crippen molar-refractivity contribution in [2.45, 2.75) is 44.9 Å². The molecule has 0 unspecified atom stereocenters. The molecule has 0 fully saturated rings. The first-order valence-corrected chi connectivity index (χ1v) is 7.61. The molecule has 0 bridgehead atoms. The lowest BCUT2D eigenvalue weighted by Crippen LogP contribution is -2.02. The highest BCUT2D eigenvalue weighted by molar-refractivity contribution is 5.51. The zero-order chi connectivity index (χ0) is 12.7. The number of hydrogen-bond donors (Lipinski definition) is 0. The molecule has 0 saturated carbocycles. The first-order valence-electron chi connectivity index (χ1n) is 7.61. The van der Waals surface area contributed by atoms with E-state index < -0.39 is 0 Å². The molecule has 2 aromatic rings. The second-order valence-electron chi connectivity index (χ2n) is 6.00. The van der Waals surface area contributed by atoms with E-state index in [4.69, 9.17) is 0 Å². The van der Waals surface area contributed by atoms with Crippen molar-refractivity contribution in [3.05, 3.63) is 69.8 Å². The summed E-state index contributed by atoms with van der Waals surface area (Å²) in [5.74, 6) is 0. The minimum absolute atomic E-state index is 1.15. The quantitative estimate of drug-likeness (QED) is 0.745. The Morgan fingerprint density at radius 2 is 1.37 bits per heavy atom. The van der Waals surface area contributed by atoms with Gasteiger partial charge in [-0.05, 0) is 78.3 Å². The van der Waals surface area contributed by atoms with Gasteiger partial charge in [0.1, 0.15) is 0 Å². The van der Waals surface area contributed by atoms with Crippen molar-refractivity contribution in [3.63, 3.8) is 0 Å². The van der Waals surface area contributed by atoms with E-state index >= 15 is 0 Å². The molecule has 0 aromatic heterocycles. The number of rotatable bonds is 2. The lowest BCUT2D eigenvalue weighted by molar-refractivity contribution is 0.888. The summed E-state index contributed by atoms with van der Waals surface area (Å²) in [6, 6.07) is 13.5. The Hall–Kier alpha value is -1.56. The van der Waals surface area contributed by atoms with E-state index in [-0.39, 0.29) is 0 Å². The fourth-order valence-electron chi connectivity index (χ4n) is 3.95. The highest BCUT2D eigenvalue weighted by Crippen LogP contribution is 2.36. The molecular weight excluding hydrogens is 228 g/mol. The Balaban J connectivity index is 1.82. The molecule has 2 aromatic carbocycles. The van der Waals surface area contributed by atoms with Crippen LogP contribution in [0.3, 0.4) is 0 Å². The van der Waals surface area contributed by atoms with Gasteiger partial charge in [-0.3, -0.25) is 0 Å². The van der Waals surface area contributed by atoms with Crippen molar-refractivity contribution in [1.29, 1.82) is 0 Å². The summed E-state index contributed by atoms with van der Waals surface area (Å²) in [6.45, 7) is 0. The molecule has 0 spiro atoms. The SMILES string of the molecule is c1ccc(Cc2c3c(cc4c2CCC4)CCC3)cc1. The number of benzene rings is 2. The van der Waals surface area contributed by atoms with E-state index in [0.29, 0.717) is 0 Å². The normalized spacial score (nSPS) is 16.4. The highest BCUT2D eigenvalue weighted by Gasteiger charge is 2.23. The molecule has 0 nitrogen and oxygen atoms in total. The van der Waals surface area contributed by atoms with Gasteiger partial charge in [0, 0.05) is 0 Å². The van der Waals surface area contributed by atoms with Gasteiger partial charge in [0.05, 0.1) is 0 Å². The smallest absolute Gasteiger partial charge is 0.00201 e. The van der Waals surface area contributed by atoms with Gasteiger partial charge in [0.2, 0.25) is 0 Å². The van der Waals surface area contributed by atoms with E-state index in [1.807, 2.05) is 0 Å². The number of aryl methyl sites for hydroxylation is 2. The second kappa shape index (κ2) is 4.52. The van der Waals surface area contributed by atoms with Crippen molar-refractivity contribution in [2.75, 3.05) is 0 Å². The molecule has 0 N–H and O–H groups in total. The molecule has 0 heteroatoms. The van der Waals surface area contributed by atoms with Crippen molar-refractivity contribution in [3.8, 4) is 0 Å². The van der Waals surface area contributed by atoms with Crippen molar-refractivity contribution >= 4 is 0 Å². The molecule has 0 aliphatic heterocycles. The summed E-state index contributed by atoms with van der Waals surface area (Å²) < 4.78 is 0. The molecule has 0 radical (unpaired) electrons. The molecule has 2 aliphatic rings. The zero-order valence-electron chi connectivity index (χ0n) is 11.4. The summed E-state index contributed by atoms with van der Waals surface area (Å²) in [5.41, 5.74) is 9.87. The topological polar surface area (TPSA) is 0 Å². The summed E-state index contributed by atoms with van der Waals surface area (Å²) in [6.07, 6.45) is 9.11. The van der Waals surface area contributed by atoms with Crippen LogP contribution in [0.5, 0.6) is 0 Å². The zero-order valence-corrected chi connectivity index (χ0v) is 11.4. The van der Waals surface area contributed by atoms with E-state index in [0.717, 1.165) is 6.42 Å². The molecule has 96 valence electrons. The van der Waals surface area contributed by atoms with Gasteiger partial charge in [-0.25, -0.2) is 0 Å². The molecule has 2 aliphatic carbocycles. The Kier molecular flexibility index (Phi) is 2.69. The van der Waals surface area contributed by atoms with Crippen LogP contribution in [0, 0.1) is 0 Å². The van der Waals surface area contributed by atoms with Crippen molar-refractivity contribution < 1.29 is 0 Å². The first-order chi connectivity index (χ1) is 9.42. The van der Waals surface area contributed by atoms with Gasteiger partial charge in [-0.15, -0.1) is 0 Å². The van der Waals surface area contributed by atoms with Gasteiger partial charge in [0.25, 0.3) is 0 Å². The van der Waals surface area contributed by atoms with Crippen LogP contribution >= 0.6 is 0 Å². The first kappa shape index (κ1) is 11.3. The Morgan fingerprint density at radius 1 is 0.737 bits per heavy atom. The third-order valence-electron chi connectivity index (χ3n) is 4.82. The average Bonchev–Trinajstić information content (AvgIpc) is 3.08. The predicted molar refractivity (Wildman–Crippen MR) is 79.7 cm³/mol. The van der Waals surface area contributed by atoms with Crippen LogP contribution in [0.2, 0.25) is 0 Å². The third kappa shape index (κ3) is 1.90. The maximum Gasteiger partial charge on any atom is -0.00201 e. The van der Waals surface area contributed by atoms with Gasteiger partial charge >= 0.3 is 0 Å². The molecule has 0 amide bonds. The maximum atomic E-state index is 2.53. The molecule has 19 heavy (non-hydrogen) atoms. The minimum atomic E-state index is 1.15. The fraction of sp³-hybridized carbons (Fsp3) is 0.368. The Labute approximate surface area is 115 Å². The highest BCUT2D eigenvalue weighted by atomic mass is 14.3. The van der Waals surface area contributed by atoms with Gasteiger partial charge in [-0.2, -0.15) is 0 Å². The van der Waals surface area contributed by atoms with Crippen LogP contribution in [0.25, 0.3) is 0 Å². The largest absolute Gasteiger partial charge is 0.0622 e. The second-order valence-corrected chi connectivity index (χ2v) is 6.00. The summed E-state index contributed by atoms with van der Waals surface area (Å²) in [7, 11) is 0. The van der Waals surface area contributed by atoms with Crippen LogP contribution in [-0.2, 0) is 32.1 Å².